The van der Waals surface area contributed by atoms with Gasteiger partial charge in [-0.3, -0.25) is 0 Å². The van der Waals surface area contributed by atoms with E-state index in [1.807, 2.05) is 30.3 Å². The normalized spacial score (nSPS) is 11.8. The maximum absolute atomic E-state index is 5.73. The van der Waals surface area contributed by atoms with Gasteiger partial charge in [-0.05, 0) is 17.0 Å². The first-order chi connectivity index (χ1) is 8.35. The van der Waals surface area contributed by atoms with Gasteiger partial charge in [0, 0.05) is 17.5 Å². The Balaban J connectivity index is 2.24. The fraction of sp³-hybridized carbons (Fsp3) is 0.143. The molecule has 88 valence electrons. The van der Waals surface area contributed by atoms with Gasteiger partial charge in [0.1, 0.15) is 12.4 Å². The quantitative estimate of drug-likeness (QED) is 0.900. The standard InChI is InChI=1S/C14H14ClNO/c15-8-11(9-16)10-17-14-7-3-5-12-4-1-2-6-13(12)14/h1-8H,9-10,16H2. The molecule has 0 saturated carbocycles. The van der Waals surface area contributed by atoms with Crippen LogP contribution in [-0.2, 0) is 0 Å². The van der Waals surface area contributed by atoms with E-state index in [4.69, 9.17) is 22.1 Å². The van der Waals surface area contributed by atoms with E-state index >= 15 is 0 Å². The highest BCUT2D eigenvalue weighted by atomic mass is 35.5. The van der Waals surface area contributed by atoms with Crippen molar-refractivity contribution in [1.29, 1.82) is 0 Å². The second-order valence-corrected chi connectivity index (χ2v) is 3.96. The van der Waals surface area contributed by atoms with Crippen LogP contribution in [0, 0.1) is 0 Å². The fourth-order valence-electron chi connectivity index (χ4n) is 1.63. The number of hydrogen-bond acceptors (Lipinski definition) is 2. The van der Waals surface area contributed by atoms with E-state index in [2.05, 4.69) is 12.1 Å². The predicted octanol–water partition coefficient (Wildman–Crippen LogP) is 3.30. The molecule has 0 bridgehead atoms. The van der Waals surface area contributed by atoms with Crippen LogP contribution in [0.15, 0.2) is 53.6 Å². The zero-order chi connectivity index (χ0) is 12.1. The lowest BCUT2D eigenvalue weighted by Crippen LogP contribution is -2.10. The van der Waals surface area contributed by atoms with Gasteiger partial charge in [0.2, 0.25) is 0 Å². The van der Waals surface area contributed by atoms with Crippen LogP contribution in [0.2, 0.25) is 0 Å². The molecule has 0 spiro atoms. The van der Waals surface area contributed by atoms with Gasteiger partial charge in [0.25, 0.3) is 0 Å². The SMILES string of the molecule is NCC(=CCl)COc1cccc2ccccc12. The minimum absolute atomic E-state index is 0.411. The average Bonchev–Trinajstić information content (AvgIpc) is 2.40. The van der Waals surface area contributed by atoms with Gasteiger partial charge in [-0.1, -0.05) is 48.0 Å². The molecule has 0 fully saturated rings. The zero-order valence-electron chi connectivity index (χ0n) is 9.40. The van der Waals surface area contributed by atoms with E-state index in [1.165, 1.54) is 5.54 Å². The van der Waals surface area contributed by atoms with Gasteiger partial charge in [-0.15, -0.1) is 0 Å². The van der Waals surface area contributed by atoms with Gasteiger partial charge >= 0.3 is 0 Å². The largest absolute Gasteiger partial charge is 0.489 e. The third-order valence-corrected chi connectivity index (χ3v) is 2.89. The molecule has 0 heterocycles. The highest BCUT2D eigenvalue weighted by molar-refractivity contribution is 6.25. The minimum Gasteiger partial charge on any atom is -0.489 e. The van der Waals surface area contributed by atoms with Crippen molar-refractivity contribution in [2.45, 2.75) is 0 Å². The maximum Gasteiger partial charge on any atom is 0.127 e. The molecule has 0 aliphatic rings. The molecule has 2 rings (SSSR count). The molecule has 17 heavy (non-hydrogen) atoms. The topological polar surface area (TPSA) is 35.2 Å². The third-order valence-electron chi connectivity index (χ3n) is 2.58. The van der Waals surface area contributed by atoms with E-state index in [1.54, 1.807) is 0 Å². The highest BCUT2D eigenvalue weighted by Crippen LogP contribution is 2.25. The molecule has 0 amide bonds. The van der Waals surface area contributed by atoms with Crippen LogP contribution in [0.3, 0.4) is 0 Å². The van der Waals surface area contributed by atoms with Crippen LogP contribution in [-0.4, -0.2) is 13.2 Å². The lowest BCUT2D eigenvalue weighted by atomic mass is 10.1. The zero-order valence-corrected chi connectivity index (χ0v) is 10.2. The summed E-state index contributed by atoms with van der Waals surface area (Å²) in [5.74, 6) is 0.854. The molecule has 3 heteroatoms. The molecular formula is C14H14ClNO. The summed E-state index contributed by atoms with van der Waals surface area (Å²) in [5, 5.41) is 2.26. The molecule has 0 aromatic heterocycles. The van der Waals surface area contributed by atoms with E-state index in [-0.39, 0.29) is 0 Å². The Kier molecular flexibility index (Phi) is 4.02. The average molecular weight is 248 g/mol. The van der Waals surface area contributed by atoms with Crippen LogP contribution in [0.5, 0.6) is 5.75 Å². The Morgan fingerprint density at radius 3 is 2.71 bits per heavy atom. The Morgan fingerprint density at radius 1 is 1.18 bits per heavy atom. The molecule has 0 unspecified atom stereocenters. The number of hydrogen-bond donors (Lipinski definition) is 1. The number of rotatable bonds is 4. The van der Waals surface area contributed by atoms with Crippen LogP contribution >= 0.6 is 11.6 Å². The van der Waals surface area contributed by atoms with E-state index in [0.717, 1.165) is 22.1 Å². The van der Waals surface area contributed by atoms with Gasteiger partial charge < -0.3 is 10.5 Å². The summed E-state index contributed by atoms with van der Waals surface area (Å²) in [7, 11) is 0. The summed E-state index contributed by atoms with van der Waals surface area (Å²) in [4.78, 5) is 0. The molecule has 0 aliphatic heterocycles. The van der Waals surface area contributed by atoms with Crippen LogP contribution < -0.4 is 10.5 Å². The first-order valence-electron chi connectivity index (χ1n) is 5.44. The van der Waals surface area contributed by atoms with Crippen LogP contribution in [0.4, 0.5) is 0 Å². The second-order valence-electron chi connectivity index (χ2n) is 3.74. The van der Waals surface area contributed by atoms with Crippen molar-refractivity contribution < 1.29 is 4.74 Å². The van der Waals surface area contributed by atoms with Crippen molar-refractivity contribution in [3.05, 3.63) is 53.6 Å². The number of halogens is 1. The molecular weight excluding hydrogens is 234 g/mol. The fourth-order valence-corrected chi connectivity index (χ4v) is 1.78. The number of ether oxygens (including phenoxy) is 1. The number of fused-ring (bicyclic) bond motifs is 1. The smallest absolute Gasteiger partial charge is 0.127 e. The summed E-state index contributed by atoms with van der Waals surface area (Å²) in [6, 6.07) is 14.1. The second kappa shape index (κ2) is 5.71. The van der Waals surface area contributed by atoms with Crippen LogP contribution in [0.1, 0.15) is 0 Å². The molecule has 2 N–H and O–H groups in total. The van der Waals surface area contributed by atoms with Crippen LogP contribution in [0.25, 0.3) is 10.8 Å². The minimum atomic E-state index is 0.411. The number of nitrogens with two attached hydrogens (primary N) is 1. The molecule has 0 saturated heterocycles. The highest BCUT2D eigenvalue weighted by Gasteiger charge is 2.02. The van der Waals surface area contributed by atoms with Gasteiger partial charge in [0.15, 0.2) is 0 Å². The number of benzene rings is 2. The summed E-state index contributed by atoms with van der Waals surface area (Å²) in [5.41, 5.74) is 7.88. The Morgan fingerprint density at radius 2 is 1.94 bits per heavy atom. The molecule has 0 atom stereocenters. The van der Waals surface area contributed by atoms with Crippen molar-refractivity contribution >= 4 is 22.4 Å². The van der Waals surface area contributed by atoms with E-state index < -0.39 is 0 Å². The van der Waals surface area contributed by atoms with Crippen molar-refractivity contribution in [2.24, 2.45) is 5.73 Å². The Bertz CT molecular complexity index is 531. The third kappa shape index (κ3) is 2.78. The van der Waals surface area contributed by atoms with Crippen molar-refractivity contribution in [3.63, 3.8) is 0 Å². The maximum atomic E-state index is 5.73. The first kappa shape index (κ1) is 12.0. The lowest BCUT2D eigenvalue weighted by molar-refractivity contribution is 0.355. The Hall–Kier alpha value is -1.51. The van der Waals surface area contributed by atoms with Crippen molar-refractivity contribution in [1.82, 2.24) is 0 Å². The summed E-state index contributed by atoms with van der Waals surface area (Å²) < 4.78 is 5.73. The summed E-state index contributed by atoms with van der Waals surface area (Å²) in [6.45, 7) is 0.836. The molecule has 2 nitrogen and oxygen atoms in total. The molecule has 2 aromatic rings. The first-order valence-corrected chi connectivity index (χ1v) is 5.87. The summed E-state index contributed by atoms with van der Waals surface area (Å²) in [6.07, 6.45) is 0. The predicted molar refractivity (Wildman–Crippen MR) is 72.4 cm³/mol. The summed E-state index contributed by atoms with van der Waals surface area (Å²) >= 11 is 5.63. The van der Waals surface area contributed by atoms with E-state index in [0.29, 0.717) is 13.2 Å². The Labute approximate surface area is 106 Å². The van der Waals surface area contributed by atoms with E-state index in [9.17, 15) is 0 Å². The monoisotopic (exact) mass is 247 g/mol. The lowest BCUT2D eigenvalue weighted by Gasteiger charge is -2.10. The molecule has 0 radical (unpaired) electrons. The molecule has 2 aromatic carbocycles. The molecule has 0 aliphatic carbocycles. The van der Waals surface area contributed by atoms with Gasteiger partial charge in [0.05, 0.1) is 0 Å². The van der Waals surface area contributed by atoms with Gasteiger partial charge in [-0.2, -0.15) is 0 Å². The van der Waals surface area contributed by atoms with Crippen molar-refractivity contribution in [3.8, 4) is 5.75 Å². The van der Waals surface area contributed by atoms with Crippen molar-refractivity contribution in [2.75, 3.05) is 13.2 Å². The van der Waals surface area contributed by atoms with Gasteiger partial charge in [-0.25, -0.2) is 0 Å².